The third-order valence-electron chi connectivity index (χ3n) is 3.28. The fraction of sp³-hybridized carbons (Fsp3) is 0.250. The lowest BCUT2D eigenvalue weighted by Gasteiger charge is -2.15. The first-order valence-corrected chi connectivity index (χ1v) is 8.61. The second-order valence-electron chi connectivity index (χ2n) is 5.12. The lowest BCUT2D eigenvalue weighted by Crippen LogP contribution is -2.16. The highest BCUT2D eigenvalue weighted by molar-refractivity contribution is 7.92. The summed E-state index contributed by atoms with van der Waals surface area (Å²) >= 11 is 5.86. The molecule has 0 atom stereocenters. The minimum atomic E-state index is -3.63. The molecule has 0 heterocycles. The first-order chi connectivity index (χ1) is 9.85. The highest BCUT2D eigenvalue weighted by Crippen LogP contribution is 2.26. The van der Waals surface area contributed by atoms with Crippen molar-refractivity contribution in [2.75, 3.05) is 4.72 Å². The Kier molecular flexibility index (Phi) is 4.59. The smallest absolute Gasteiger partial charge is 0.262 e. The summed E-state index contributed by atoms with van der Waals surface area (Å²) in [4.78, 5) is 0.331. The molecule has 0 aromatic heterocycles. The number of nitrogens with one attached hydrogen (secondary N) is 1. The van der Waals surface area contributed by atoms with Crippen molar-refractivity contribution in [1.29, 1.82) is 0 Å². The predicted octanol–water partition coefficient (Wildman–Crippen LogP) is 4.15. The van der Waals surface area contributed by atoms with Crippen LogP contribution in [0, 0.1) is 20.8 Å². The zero-order valence-electron chi connectivity index (χ0n) is 12.3. The van der Waals surface area contributed by atoms with Gasteiger partial charge >= 0.3 is 0 Å². The molecule has 0 amide bonds. The Balaban J connectivity index is 2.49. The summed E-state index contributed by atoms with van der Waals surface area (Å²) in [5.74, 6) is 0.255. The molecule has 0 spiro atoms. The zero-order chi connectivity index (χ0) is 15.6. The molecule has 0 saturated carbocycles. The maximum Gasteiger partial charge on any atom is 0.262 e. The minimum Gasteiger partial charge on any atom is -0.279 e. The number of aryl methyl sites for hydroxylation is 3. The topological polar surface area (TPSA) is 46.2 Å². The molecule has 0 aliphatic carbocycles. The summed E-state index contributed by atoms with van der Waals surface area (Å²) in [6, 6.07) is 10.9. The molecule has 0 fully saturated rings. The van der Waals surface area contributed by atoms with Crippen LogP contribution in [0.2, 0.25) is 0 Å². The maximum atomic E-state index is 12.7. The monoisotopic (exact) mass is 323 g/mol. The summed E-state index contributed by atoms with van der Waals surface area (Å²) in [5.41, 5.74) is 3.80. The Hall–Kier alpha value is -1.52. The van der Waals surface area contributed by atoms with Crippen LogP contribution < -0.4 is 4.72 Å². The van der Waals surface area contributed by atoms with E-state index >= 15 is 0 Å². The Morgan fingerprint density at radius 3 is 2.19 bits per heavy atom. The van der Waals surface area contributed by atoms with E-state index in [0.717, 1.165) is 22.3 Å². The van der Waals surface area contributed by atoms with E-state index in [2.05, 4.69) is 4.72 Å². The van der Waals surface area contributed by atoms with Crippen LogP contribution >= 0.6 is 11.6 Å². The van der Waals surface area contributed by atoms with Gasteiger partial charge in [0.25, 0.3) is 10.0 Å². The van der Waals surface area contributed by atoms with Crippen LogP contribution in [0.15, 0.2) is 41.3 Å². The lowest BCUT2D eigenvalue weighted by molar-refractivity contribution is 0.600. The molecule has 0 aliphatic rings. The second-order valence-corrected chi connectivity index (χ2v) is 7.01. The van der Waals surface area contributed by atoms with E-state index in [1.807, 2.05) is 39.0 Å². The van der Waals surface area contributed by atoms with Crippen LogP contribution in [0.3, 0.4) is 0 Å². The minimum absolute atomic E-state index is 0.255. The van der Waals surface area contributed by atoms with Crippen molar-refractivity contribution in [2.24, 2.45) is 0 Å². The number of hydrogen-bond acceptors (Lipinski definition) is 2. The largest absolute Gasteiger partial charge is 0.279 e. The van der Waals surface area contributed by atoms with E-state index in [0.29, 0.717) is 10.6 Å². The summed E-state index contributed by atoms with van der Waals surface area (Å²) in [5, 5.41) is 0. The molecule has 0 radical (unpaired) electrons. The summed E-state index contributed by atoms with van der Waals surface area (Å²) < 4.78 is 28.0. The summed E-state index contributed by atoms with van der Waals surface area (Å²) in [6.07, 6.45) is 0. The van der Waals surface area contributed by atoms with Gasteiger partial charge in [-0.05, 0) is 43.5 Å². The van der Waals surface area contributed by atoms with Gasteiger partial charge in [0.1, 0.15) is 0 Å². The van der Waals surface area contributed by atoms with Crippen molar-refractivity contribution in [2.45, 2.75) is 31.5 Å². The van der Waals surface area contributed by atoms with Gasteiger partial charge in [-0.25, -0.2) is 8.42 Å². The van der Waals surface area contributed by atoms with Gasteiger partial charge in [0, 0.05) is 5.88 Å². The normalized spacial score (nSPS) is 11.4. The molecule has 0 saturated heterocycles. The molecule has 112 valence electrons. The van der Waals surface area contributed by atoms with E-state index in [9.17, 15) is 8.42 Å². The summed E-state index contributed by atoms with van der Waals surface area (Å²) in [6.45, 7) is 5.57. The highest BCUT2D eigenvalue weighted by Gasteiger charge is 2.20. The van der Waals surface area contributed by atoms with E-state index in [1.54, 1.807) is 18.2 Å². The standard InChI is InChI=1S/C16H18ClNO2S/c1-11-8-12(2)16(13(3)9-11)21(19,20)18-15-7-5-4-6-14(15)10-17/h4-9,18H,10H2,1-3H3. The van der Waals surface area contributed by atoms with Crippen LogP contribution in [-0.2, 0) is 15.9 Å². The molecular weight excluding hydrogens is 306 g/mol. The second kappa shape index (κ2) is 6.08. The first-order valence-electron chi connectivity index (χ1n) is 6.59. The number of hydrogen-bond donors (Lipinski definition) is 1. The molecule has 0 unspecified atom stereocenters. The van der Waals surface area contributed by atoms with Crippen molar-refractivity contribution in [3.8, 4) is 0 Å². The van der Waals surface area contributed by atoms with E-state index in [-0.39, 0.29) is 5.88 Å². The number of anilines is 1. The number of benzene rings is 2. The molecular formula is C16H18ClNO2S. The van der Waals surface area contributed by atoms with Crippen molar-refractivity contribution in [1.82, 2.24) is 0 Å². The summed E-state index contributed by atoms with van der Waals surface area (Å²) in [7, 11) is -3.63. The molecule has 0 aliphatic heterocycles. The molecule has 3 nitrogen and oxygen atoms in total. The molecule has 1 N–H and O–H groups in total. The quantitative estimate of drug-likeness (QED) is 0.859. The van der Waals surface area contributed by atoms with Crippen molar-refractivity contribution in [3.05, 3.63) is 58.7 Å². The van der Waals surface area contributed by atoms with Crippen molar-refractivity contribution >= 4 is 27.3 Å². The van der Waals surface area contributed by atoms with Crippen LogP contribution in [0.1, 0.15) is 22.3 Å². The Bertz CT molecular complexity index is 747. The molecule has 5 heteroatoms. The molecule has 2 aromatic carbocycles. The van der Waals surface area contributed by atoms with Gasteiger partial charge < -0.3 is 0 Å². The molecule has 2 aromatic rings. The Labute approximate surface area is 131 Å². The van der Waals surface area contributed by atoms with Gasteiger partial charge in [-0.3, -0.25) is 4.72 Å². The zero-order valence-corrected chi connectivity index (χ0v) is 13.8. The number of halogens is 1. The maximum absolute atomic E-state index is 12.7. The third-order valence-corrected chi connectivity index (χ3v) is 5.24. The highest BCUT2D eigenvalue weighted by atomic mass is 35.5. The number of alkyl halides is 1. The van der Waals surface area contributed by atoms with Crippen molar-refractivity contribution in [3.63, 3.8) is 0 Å². The Morgan fingerprint density at radius 1 is 1.05 bits per heavy atom. The van der Waals surface area contributed by atoms with Gasteiger partial charge in [-0.2, -0.15) is 0 Å². The van der Waals surface area contributed by atoms with E-state index < -0.39 is 10.0 Å². The molecule has 21 heavy (non-hydrogen) atoms. The number of para-hydroxylation sites is 1. The van der Waals surface area contributed by atoms with Gasteiger partial charge in [0.05, 0.1) is 10.6 Å². The lowest BCUT2D eigenvalue weighted by atomic mass is 10.1. The van der Waals surface area contributed by atoms with Crippen LogP contribution in [-0.4, -0.2) is 8.42 Å². The fourth-order valence-corrected chi connectivity index (χ4v) is 4.31. The van der Waals surface area contributed by atoms with Gasteiger partial charge in [0.15, 0.2) is 0 Å². The molecule has 2 rings (SSSR count). The van der Waals surface area contributed by atoms with E-state index in [1.165, 1.54) is 0 Å². The van der Waals surface area contributed by atoms with Gasteiger partial charge in [-0.15, -0.1) is 11.6 Å². The SMILES string of the molecule is Cc1cc(C)c(S(=O)(=O)Nc2ccccc2CCl)c(C)c1. The number of rotatable bonds is 4. The molecule has 0 bridgehead atoms. The van der Waals surface area contributed by atoms with Crippen molar-refractivity contribution < 1.29 is 8.42 Å². The number of sulfonamides is 1. The Morgan fingerprint density at radius 2 is 1.62 bits per heavy atom. The van der Waals surface area contributed by atoms with Crippen LogP contribution in [0.5, 0.6) is 0 Å². The average Bonchev–Trinajstić information content (AvgIpc) is 2.37. The van der Waals surface area contributed by atoms with E-state index in [4.69, 9.17) is 11.6 Å². The average molecular weight is 324 g/mol. The van der Waals surface area contributed by atoms with Gasteiger partial charge in [-0.1, -0.05) is 35.9 Å². The van der Waals surface area contributed by atoms with Crippen LogP contribution in [0.4, 0.5) is 5.69 Å². The fourth-order valence-electron chi connectivity index (χ4n) is 2.52. The van der Waals surface area contributed by atoms with Gasteiger partial charge in [0.2, 0.25) is 0 Å². The first kappa shape index (κ1) is 15.9. The predicted molar refractivity (Wildman–Crippen MR) is 87.5 cm³/mol. The third kappa shape index (κ3) is 3.39. The van der Waals surface area contributed by atoms with Crippen LogP contribution in [0.25, 0.3) is 0 Å².